The van der Waals surface area contributed by atoms with Crippen molar-refractivity contribution in [1.29, 1.82) is 0 Å². The van der Waals surface area contributed by atoms with E-state index in [2.05, 4.69) is 27.9 Å². The lowest BCUT2D eigenvalue weighted by atomic mass is 10.3. The zero-order valence-corrected chi connectivity index (χ0v) is 12.1. The summed E-state index contributed by atoms with van der Waals surface area (Å²) >= 11 is 2.17. The Morgan fingerprint density at radius 2 is 2.22 bits per heavy atom. The largest absolute Gasteiger partial charge is 0.455 e. The molecule has 18 heavy (non-hydrogen) atoms. The SMILES string of the molecule is C[C@H]1C[C@@H]1C(=O)OCC(=O)Nc1cccc(I)c1. The summed E-state index contributed by atoms with van der Waals surface area (Å²) in [6.07, 6.45) is 0.872. The van der Waals surface area contributed by atoms with Crippen molar-refractivity contribution in [2.75, 3.05) is 11.9 Å². The van der Waals surface area contributed by atoms with E-state index in [9.17, 15) is 9.59 Å². The number of amides is 1. The number of benzene rings is 1. The third-order valence-corrected chi connectivity index (χ3v) is 3.54. The molecule has 0 radical (unpaired) electrons. The summed E-state index contributed by atoms with van der Waals surface area (Å²) in [5.41, 5.74) is 0.711. The first-order valence-electron chi connectivity index (χ1n) is 5.78. The molecule has 1 N–H and O–H groups in total. The van der Waals surface area contributed by atoms with Crippen molar-refractivity contribution >= 4 is 40.2 Å². The van der Waals surface area contributed by atoms with Crippen LogP contribution in [0.3, 0.4) is 0 Å². The number of carbonyl (C=O) groups excluding carboxylic acids is 2. The third-order valence-electron chi connectivity index (χ3n) is 2.87. The zero-order chi connectivity index (χ0) is 13.1. The predicted octanol–water partition coefficient (Wildman–Crippen LogP) is 2.43. The number of carbonyl (C=O) groups is 2. The highest BCUT2D eigenvalue weighted by molar-refractivity contribution is 14.1. The molecule has 1 aliphatic rings. The van der Waals surface area contributed by atoms with E-state index in [-0.39, 0.29) is 24.4 Å². The highest BCUT2D eigenvalue weighted by atomic mass is 127. The zero-order valence-electron chi connectivity index (χ0n) is 9.98. The summed E-state index contributed by atoms with van der Waals surface area (Å²) < 4.78 is 5.98. The minimum absolute atomic E-state index is 0.00419. The highest BCUT2D eigenvalue weighted by Gasteiger charge is 2.40. The summed E-state index contributed by atoms with van der Waals surface area (Å²) in [7, 11) is 0. The fourth-order valence-corrected chi connectivity index (χ4v) is 2.20. The smallest absolute Gasteiger partial charge is 0.309 e. The Kier molecular flexibility index (Phi) is 4.21. The van der Waals surface area contributed by atoms with Gasteiger partial charge in [0.1, 0.15) is 0 Å². The summed E-state index contributed by atoms with van der Waals surface area (Å²) in [4.78, 5) is 23.0. The van der Waals surface area contributed by atoms with E-state index in [4.69, 9.17) is 4.74 Å². The Morgan fingerprint density at radius 3 is 2.83 bits per heavy atom. The first kappa shape index (κ1) is 13.3. The van der Waals surface area contributed by atoms with Crippen LogP contribution in [0.2, 0.25) is 0 Å². The third kappa shape index (κ3) is 3.69. The number of rotatable bonds is 4. The van der Waals surface area contributed by atoms with E-state index in [1.807, 2.05) is 25.1 Å². The van der Waals surface area contributed by atoms with Crippen molar-refractivity contribution in [3.05, 3.63) is 27.8 Å². The van der Waals surface area contributed by atoms with Gasteiger partial charge in [-0.1, -0.05) is 13.0 Å². The lowest BCUT2D eigenvalue weighted by molar-refractivity contribution is -0.148. The minimum atomic E-state index is -0.307. The fourth-order valence-electron chi connectivity index (χ4n) is 1.66. The van der Waals surface area contributed by atoms with Gasteiger partial charge in [0.2, 0.25) is 0 Å². The van der Waals surface area contributed by atoms with Crippen LogP contribution in [0.1, 0.15) is 13.3 Å². The molecule has 1 amide bonds. The van der Waals surface area contributed by atoms with Crippen molar-refractivity contribution in [2.45, 2.75) is 13.3 Å². The van der Waals surface area contributed by atoms with Crippen LogP contribution >= 0.6 is 22.6 Å². The van der Waals surface area contributed by atoms with Gasteiger partial charge in [0.15, 0.2) is 6.61 Å². The van der Waals surface area contributed by atoms with E-state index in [1.165, 1.54) is 0 Å². The molecule has 0 aliphatic heterocycles. The molecule has 0 saturated heterocycles. The van der Waals surface area contributed by atoms with Crippen LogP contribution in [0.25, 0.3) is 0 Å². The Morgan fingerprint density at radius 1 is 1.50 bits per heavy atom. The average Bonchev–Trinajstić information content (AvgIpc) is 3.03. The number of nitrogens with one attached hydrogen (secondary N) is 1. The van der Waals surface area contributed by atoms with Crippen molar-refractivity contribution in [2.24, 2.45) is 11.8 Å². The lowest BCUT2D eigenvalue weighted by Crippen LogP contribution is -2.21. The van der Waals surface area contributed by atoms with Crippen LogP contribution in [0, 0.1) is 15.4 Å². The molecule has 5 heteroatoms. The van der Waals surface area contributed by atoms with E-state index in [0.29, 0.717) is 11.6 Å². The number of hydrogen-bond acceptors (Lipinski definition) is 3. The number of hydrogen-bond donors (Lipinski definition) is 1. The highest BCUT2D eigenvalue weighted by Crippen LogP contribution is 2.38. The van der Waals surface area contributed by atoms with Crippen LogP contribution in [0.4, 0.5) is 5.69 Å². The molecule has 1 aromatic carbocycles. The second kappa shape index (κ2) is 5.69. The van der Waals surface area contributed by atoms with Gasteiger partial charge in [0, 0.05) is 9.26 Å². The molecule has 0 bridgehead atoms. The van der Waals surface area contributed by atoms with Gasteiger partial charge < -0.3 is 10.1 Å². The molecule has 1 aliphatic carbocycles. The van der Waals surface area contributed by atoms with Gasteiger partial charge in [0.25, 0.3) is 5.91 Å². The molecule has 1 saturated carbocycles. The van der Waals surface area contributed by atoms with Crippen LogP contribution < -0.4 is 5.32 Å². The Balaban J connectivity index is 1.77. The molecular formula is C13H14INO3. The van der Waals surface area contributed by atoms with E-state index >= 15 is 0 Å². The molecule has 1 fully saturated rings. The van der Waals surface area contributed by atoms with Crippen molar-refractivity contribution < 1.29 is 14.3 Å². The van der Waals surface area contributed by atoms with Gasteiger partial charge in [-0.3, -0.25) is 9.59 Å². The summed E-state index contributed by atoms with van der Waals surface area (Å²) in [5.74, 6) is -0.175. The molecule has 0 heterocycles. The normalized spacial score (nSPS) is 21.2. The molecule has 1 aromatic rings. The average molecular weight is 359 g/mol. The predicted molar refractivity (Wildman–Crippen MR) is 76.0 cm³/mol. The second-order valence-corrected chi connectivity index (χ2v) is 5.73. The molecule has 2 atom stereocenters. The molecule has 2 rings (SSSR count). The van der Waals surface area contributed by atoms with E-state index in [1.54, 1.807) is 6.07 Å². The first-order valence-corrected chi connectivity index (χ1v) is 6.86. The maximum absolute atomic E-state index is 11.6. The number of halogens is 1. The first-order chi connectivity index (χ1) is 8.56. The second-order valence-electron chi connectivity index (χ2n) is 4.49. The quantitative estimate of drug-likeness (QED) is 0.664. The lowest BCUT2D eigenvalue weighted by Gasteiger charge is -2.06. The maximum atomic E-state index is 11.6. The minimum Gasteiger partial charge on any atom is -0.455 e. The Bertz CT molecular complexity index is 475. The molecule has 0 spiro atoms. The van der Waals surface area contributed by atoms with Gasteiger partial charge >= 0.3 is 5.97 Å². The molecular weight excluding hydrogens is 345 g/mol. The Labute approximate surface area is 119 Å². The van der Waals surface area contributed by atoms with Crippen molar-refractivity contribution in [3.8, 4) is 0 Å². The van der Waals surface area contributed by atoms with Crippen molar-refractivity contribution in [3.63, 3.8) is 0 Å². The summed E-state index contributed by atoms with van der Waals surface area (Å²) in [5, 5.41) is 2.69. The number of ether oxygens (including phenoxy) is 1. The topological polar surface area (TPSA) is 55.4 Å². The van der Waals surface area contributed by atoms with Gasteiger partial charge in [-0.2, -0.15) is 0 Å². The maximum Gasteiger partial charge on any atom is 0.309 e. The van der Waals surface area contributed by atoms with E-state index in [0.717, 1.165) is 9.99 Å². The van der Waals surface area contributed by atoms with Crippen LogP contribution in [0.5, 0.6) is 0 Å². The van der Waals surface area contributed by atoms with Crippen molar-refractivity contribution in [1.82, 2.24) is 0 Å². The standard InChI is InChI=1S/C13H14INO3/c1-8-5-11(8)13(17)18-7-12(16)15-10-4-2-3-9(14)6-10/h2-4,6,8,11H,5,7H2,1H3,(H,15,16)/t8-,11-/m0/s1. The van der Waals surface area contributed by atoms with Gasteiger partial charge in [-0.15, -0.1) is 0 Å². The number of anilines is 1. The van der Waals surface area contributed by atoms with Gasteiger partial charge in [-0.25, -0.2) is 0 Å². The summed E-state index contributed by atoms with van der Waals surface area (Å²) in [6.45, 7) is 1.78. The van der Waals surface area contributed by atoms with Crippen LogP contribution in [0.15, 0.2) is 24.3 Å². The number of esters is 1. The monoisotopic (exact) mass is 359 g/mol. The van der Waals surface area contributed by atoms with Gasteiger partial charge in [-0.05, 0) is 53.1 Å². The fraction of sp³-hybridized carbons (Fsp3) is 0.385. The molecule has 0 aromatic heterocycles. The molecule has 96 valence electrons. The van der Waals surface area contributed by atoms with Crippen LogP contribution in [-0.4, -0.2) is 18.5 Å². The molecule has 4 nitrogen and oxygen atoms in total. The van der Waals surface area contributed by atoms with E-state index < -0.39 is 0 Å². The summed E-state index contributed by atoms with van der Waals surface area (Å²) in [6, 6.07) is 7.44. The van der Waals surface area contributed by atoms with Crippen LogP contribution in [-0.2, 0) is 14.3 Å². The van der Waals surface area contributed by atoms with Gasteiger partial charge in [0.05, 0.1) is 5.92 Å². The molecule has 0 unspecified atom stereocenters. The Hall–Kier alpha value is -1.11.